The van der Waals surface area contributed by atoms with Crippen LogP contribution in [-0.2, 0) is 4.79 Å². The molecular weight excluding hydrogens is 387 g/mol. The maximum absolute atomic E-state index is 13.1. The molecule has 1 N–H and O–H groups in total. The van der Waals surface area contributed by atoms with Crippen molar-refractivity contribution in [3.05, 3.63) is 65.3 Å². The number of piperazine rings is 1. The summed E-state index contributed by atoms with van der Waals surface area (Å²) < 4.78 is 13.1. The molecule has 1 saturated heterocycles. The highest BCUT2D eigenvalue weighted by atomic mass is 32.1. The van der Waals surface area contributed by atoms with Crippen LogP contribution in [0.15, 0.2) is 53.9 Å². The Kier molecular flexibility index (Phi) is 5.87. The van der Waals surface area contributed by atoms with Crippen molar-refractivity contribution >= 4 is 28.1 Å². The minimum absolute atomic E-state index is 0.0144. The molecule has 0 saturated carbocycles. The zero-order valence-electron chi connectivity index (χ0n) is 16.3. The number of aromatic nitrogens is 1. The van der Waals surface area contributed by atoms with E-state index in [0.717, 1.165) is 53.8 Å². The third-order valence-electron chi connectivity index (χ3n) is 5.06. The molecule has 150 valence electrons. The molecule has 1 aromatic heterocycles. The zero-order chi connectivity index (χ0) is 20.2. The van der Waals surface area contributed by atoms with Gasteiger partial charge in [-0.15, -0.1) is 11.3 Å². The van der Waals surface area contributed by atoms with Crippen molar-refractivity contribution in [3.8, 4) is 11.3 Å². The van der Waals surface area contributed by atoms with E-state index in [2.05, 4.69) is 15.1 Å². The quantitative estimate of drug-likeness (QED) is 0.690. The van der Waals surface area contributed by atoms with Gasteiger partial charge < -0.3 is 10.2 Å². The number of nitrogens with zero attached hydrogens (tertiary/aromatic N) is 3. The van der Waals surface area contributed by atoms with Gasteiger partial charge in [-0.2, -0.15) is 0 Å². The summed E-state index contributed by atoms with van der Waals surface area (Å²) >= 11 is 1.60. The third kappa shape index (κ3) is 4.81. The van der Waals surface area contributed by atoms with Crippen LogP contribution in [0.2, 0.25) is 0 Å². The molecule has 1 aliphatic heterocycles. The van der Waals surface area contributed by atoms with Gasteiger partial charge in [0.2, 0.25) is 5.91 Å². The number of amides is 1. The van der Waals surface area contributed by atoms with Gasteiger partial charge in [0.25, 0.3) is 0 Å². The number of anilines is 2. The van der Waals surface area contributed by atoms with Gasteiger partial charge >= 0.3 is 0 Å². The molecule has 0 spiro atoms. The van der Waals surface area contributed by atoms with E-state index < -0.39 is 0 Å². The first-order valence-corrected chi connectivity index (χ1v) is 10.5. The van der Waals surface area contributed by atoms with Gasteiger partial charge in [-0.1, -0.05) is 18.2 Å². The number of para-hydroxylation sites is 1. The van der Waals surface area contributed by atoms with Crippen LogP contribution < -0.4 is 10.2 Å². The topological polar surface area (TPSA) is 48.5 Å². The first-order valence-electron chi connectivity index (χ1n) is 9.63. The Balaban J connectivity index is 1.30. The summed E-state index contributed by atoms with van der Waals surface area (Å²) in [5, 5.41) is 5.97. The van der Waals surface area contributed by atoms with Crippen molar-refractivity contribution in [2.45, 2.75) is 6.92 Å². The molecule has 5 nitrogen and oxygen atoms in total. The van der Waals surface area contributed by atoms with Gasteiger partial charge in [0.1, 0.15) is 5.82 Å². The number of thiazole rings is 1. The standard InChI is InChI=1S/C22H23FN4OS/c1-16-4-2-3-5-19(16)24-21(28)14-26-10-12-27(13-11-26)22-25-20(15-29-22)17-6-8-18(23)9-7-17/h2-9,15H,10-14H2,1H3,(H,24,28). The molecule has 4 rings (SSSR count). The van der Waals surface area contributed by atoms with Crippen molar-refractivity contribution in [1.82, 2.24) is 9.88 Å². The van der Waals surface area contributed by atoms with Crippen LogP contribution >= 0.6 is 11.3 Å². The lowest BCUT2D eigenvalue weighted by molar-refractivity contribution is -0.117. The van der Waals surface area contributed by atoms with Crippen molar-refractivity contribution in [3.63, 3.8) is 0 Å². The Hall–Kier alpha value is -2.77. The van der Waals surface area contributed by atoms with Crippen LogP contribution in [0.4, 0.5) is 15.2 Å². The second kappa shape index (κ2) is 8.71. The van der Waals surface area contributed by atoms with Gasteiger partial charge in [-0.05, 0) is 42.8 Å². The lowest BCUT2D eigenvalue weighted by Crippen LogP contribution is -2.48. The average molecular weight is 411 g/mol. The van der Waals surface area contributed by atoms with E-state index >= 15 is 0 Å². The first-order chi connectivity index (χ1) is 14.1. The Morgan fingerprint density at radius 1 is 1.10 bits per heavy atom. The number of carbonyl (C=O) groups excluding carboxylic acids is 1. The van der Waals surface area contributed by atoms with Crippen molar-refractivity contribution in [2.24, 2.45) is 0 Å². The molecule has 29 heavy (non-hydrogen) atoms. The summed E-state index contributed by atoms with van der Waals surface area (Å²) in [6, 6.07) is 14.2. The van der Waals surface area contributed by atoms with E-state index in [9.17, 15) is 9.18 Å². The third-order valence-corrected chi connectivity index (χ3v) is 5.96. The second-order valence-electron chi connectivity index (χ2n) is 7.15. The molecule has 0 aliphatic carbocycles. The molecule has 1 fully saturated rings. The molecule has 0 unspecified atom stereocenters. The summed E-state index contributed by atoms with van der Waals surface area (Å²) in [5.41, 5.74) is 3.71. The highest BCUT2D eigenvalue weighted by Crippen LogP contribution is 2.28. The van der Waals surface area contributed by atoms with E-state index in [4.69, 9.17) is 4.98 Å². The van der Waals surface area contributed by atoms with Crippen LogP contribution in [0.3, 0.4) is 0 Å². The Labute approximate surface area is 173 Å². The van der Waals surface area contributed by atoms with Crippen LogP contribution in [0.5, 0.6) is 0 Å². The second-order valence-corrected chi connectivity index (χ2v) is 7.99. The predicted molar refractivity (Wildman–Crippen MR) is 116 cm³/mol. The fourth-order valence-corrected chi connectivity index (χ4v) is 4.25. The molecule has 3 aromatic rings. The Morgan fingerprint density at radius 2 is 1.83 bits per heavy atom. The lowest BCUT2D eigenvalue weighted by Gasteiger charge is -2.34. The normalized spacial score (nSPS) is 14.8. The number of carbonyl (C=O) groups is 1. The molecular formula is C22H23FN4OS. The van der Waals surface area contributed by atoms with Crippen molar-refractivity contribution in [1.29, 1.82) is 0 Å². The fraction of sp³-hybridized carbons (Fsp3) is 0.273. The van der Waals surface area contributed by atoms with Crippen molar-refractivity contribution in [2.75, 3.05) is 42.9 Å². The molecule has 2 aromatic carbocycles. The smallest absolute Gasteiger partial charge is 0.238 e. The van der Waals surface area contributed by atoms with Gasteiger partial charge in [-0.25, -0.2) is 9.37 Å². The number of aryl methyl sites for hydroxylation is 1. The monoisotopic (exact) mass is 410 g/mol. The zero-order valence-corrected chi connectivity index (χ0v) is 17.1. The summed E-state index contributed by atoms with van der Waals surface area (Å²) in [5.74, 6) is -0.229. The Bertz CT molecular complexity index is 980. The van der Waals surface area contributed by atoms with E-state index in [1.165, 1.54) is 12.1 Å². The van der Waals surface area contributed by atoms with Crippen LogP contribution in [0.1, 0.15) is 5.56 Å². The Morgan fingerprint density at radius 3 is 2.55 bits per heavy atom. The number of hydrogen-bond acceptors (Lipinski definition) is 5. The average Bonchev–Trinajstić information content (AvgIpc) is 3.21. The maximum Gasteiger partial charge on any atom is 0.238 e. The first kappa shape index (κ1) is 19.5. The number of halogens is 1. The van der Waals surface area contributed by atoms with Crippen LogP contribution in [-0.4, -0.2) is 48.5 Å². The summed E-state index contributed by atoms with van der Waals surface area (Å²) in [7, 11) is 0. The molecule has 1 amide bonds. The summed E-state index contributed by atoms with van der Waals surface area (Å²) in [6.45, 7) is 5.66. The van der Waals surface area contributed by atoms with Crippen LogP contribution in [0, 0.1) is 12.7 Å². The number of hydrogen-bond donors (Lipinski definition) is 1. The highest BCUT2D eigenvalue weighted by Gasteiger charge is 2.21. The van der Waals surface area contributed by atoms with E-state index in [-0.39, 0.29) is 11.7 Å². The predicted octanol–water partition coefficient (Wildman–Crippen LogP) is 4.02. The molecule has 1 aliphatic rings. The van der Waals surface area contributed by atoms with E-state index in [1.54, 1.807) is 23.5 Å². The molecule has 2 heterocycles. The van der Waals surface area contributed by atoms with Gasteiger partial charge in [0, 0.05) is 42.8 Å². The number of rotatable bonds is 5. The molecule has 0 radical (unpaired) electrons. The molecule has 0 bridgehead atoms. The molecule has 7 heteroatoms. The minimum atomic E-state index is -0.244. The number of benzene rings is 2. The van der Waals surface area contributed by atoms with Crippen LogP contribution in [0.25, 0.3) is 11.3 Å². The van der Waals surface area contributed by atoms with Gasteiger partial charge in [-0.3, -0.25) is 9.69 Å². The molecule has 0 atom stereocenters. The van der Waals surface area contributed by atoms with Gasteiger partial charge in [0.05, 0.1) is 12.2 Å². The summed E-state index contributed by atoms with van der Waals surface area (Å²) in [6.07, 6.45) is 0. The fourth-order valence-electron chi connectivity index (χ4n) is 3.37. The van der Waals surface area contributed by atoms with Crippen molar-refractivity contribution < 1.29 is 9.18 Å². The SMILES string of the molecule is Cc1ccccc1NC(=O)CN1CCN(c2nc(-c3ccc(F)cc3)cs2)CC1. The lowest BCUT2D eigenvalue weighted by atomic mass is 10.2. The summed E-state index contributed by atoms with van der Waals surface area (Å²) in [4.78, 5) is 21.5. The minimum Gasteiger partial charge on any atom is -0.346 e. The maximum atomic E-state index is 13.1. The van der Waals surface area contributed by atoms with E-state index in [1.807, 2.05) is 36.6 Å². The van der Waals surface area contributed by atoms with E-state index in [0.29, 0.717) is 6.54 Å². The largest absolute Gasteiger partial charge is 0.346 e. The van der Waals surface area contributed by atoms with Gasteiger partial charge in [0.15, 0.2) is 5.13 Å². The number of nitrogens with one attached hydrogen (secondary N) is 1. The highest BCUT2D eigenvalue weighted by molar-refractivity contribution is 7.14.